The molecule has 24 heavy (non-hydrogen) atoms. The third-order valence-electron chi connectivity index (χ3n) is 4.92. The van der Waals surface area contributed by atoms with Crippen LogP contribution in [0.15, 0.2) is 57.7 Å². The molecule has 4 aromatic rings. The summed E-state index contributed by atoms with van der Waals surface area (Å²) in [5, 5.41) is 1.47. The summed E-state index contributed by atoms with van der Waals surface area (Å²) < 4.78 is 5.57. The van der Waals surface area contributed by atoms with E-state index >= 15 is 0 Å². The molecule has 0 N–H and O–H groups in total. The molecular formula is C21H15NO2. The Kier molecular flexibility index (Phi) is 2.69. The highest BCUT2D eigenvalue weighted by Gasteiger charge is 2.20. The van der Waals surface area contributed by atoms with Gasteiger partial charge in [0, 0.05) is 10.9 Å². The molecule has 0 unspecified atom stereocenters. The molecule has 0 saturated heterocycles. The number of hydrogen-bond donors (Lipinski definition) is 0. The maximum Gasteiger partial charge on any atom is 0.345 e. The Morgan fingerprint density at radius 2 is 1.79 bits per heavy atom. The number of benzene rings is 2. The topological polar surface area (TPSA) is 43.1 Å². The zero-order chi connectivity index (χ0) is 16.3. The lowest BCUT2D eigenvalue weighted by atomic mass is 9.88. The van der Waals surface area contributed by atoms with Gasteiger partial charge in [0.05, 0.1) is 16.6 Å². The van der Waals surface area contributed by atoms with Crippen molar-refractivity contribution in [3.63, 3.8) is 0 Å². The van der Waals surface area contributed by atoms with E-state index in [1.807, 2.05) is 37.3 Å². The lowest BCUT2D eigenvalue weighted by Crippen LogP contribution is -2.09. The molecule has 0 fully saturated rings. The van der Waals surface area contributed by atoms with Crippen LogP contribution in [0.3, 0.4) is 0 Å². The number of para-hydroxylation sites is 1. The van der Waals surface area contributed by atoms with E-state index in [1.165, 1.54) is 11.1 Å². The van der Waals surface area contributed by atoms with Gasteiger partial charge < -0.3 is 4.42 Å². The molecule has 2 heterocycles. The molecule has 0 aliphatic heterocycles. The second kappa shape index (κ2) is 4.78. The highest BCUT2D eigenvalue weighted by atomic mass is 16.4. The van der Waals surface area contributed by atoms with Gasteiger partial charge in [-0.1, -0.05) is 36.4 Å². The van der Waals surface area contributed by atoms with Gasteiger partial charge in [0.2, 0.25) is 0 Å². The zero-order valence-corrected chi connectivity index (χ0v) is 13.3. The van der Waals surface area contributed by atoms with Gasteiger partial charge in [-0.05, 0) is 48.6 Å². The molecule has 0 bridgehead atoms. The fraction of sp³-hybridized carbons (Fsp3) is 0.143. The van der Waals surface area contributed by atoms with Crippen molar-refractivity contribution >= 4 is 21.9 Å². The lowest BCUT2D eigenvalue weighted by Gasteiger charge is -2.19. The Balaban J connectivity index is 1.96. The first-order valence-corrected chi connectivity index (χ1v) is 8.17. The molecule has 0 saturated carbocycles. The first-order chi connectivity index (χ1) is 11.7. The van der Waals surface area contributed by atoms with Crippen LogP contribution in [0.4, 0.5) is 0 Å². The van der Waals surface area contributed by atoms with Crippen molar-refractivity contribution in [2.24, 2.45) is 0 Å². The Bertz CT molecular complexity index is 1190. The Morgan fingerprint density at radius 1 is 0.958 bits per heavy atom. The van der Waals surface area contributed by atoms with Crippen LogP contribution in [0.5, 0.6) is 0 Å². The van der Waals surface area contributed by atoms with Crippen molar-refractivity contribution in [1.29, 1.82) is 0 Å². The van der Waals surface area contributed by atoms with E-state index in [9.17, 15) is 4.79 Å². The van der Waals surface area contributed by atoms with Crippen molar-refractivity contribution in [1.82, 2.24) is 4.98 Å². The number of nitrogens with zero attached hydrogens (tertiary/aromatic N) is 1. The van der Waals surface area contributed by atoms with Crippen molar-refractivity contribution < 1.29 is 4.42 Å². The molecule has 1 aliphatic carbocycles. The molecule has 0 amide bonds. The summed E-state index contributed by atoms with van der Waals surface area (Å²) in [7, 11) is 0. The molecule has 5 rings (SSSR count). The lowest BCUT2D eigenvalue weighted by molar-refractivity contribution is 0.567. The predicted octanol–water partition coefficient (Wildman–Crippen LogP) is 4.42. The van der Waals surface area contributed by atoms with Gasteiger partial charge in [0.1, 0.15) is 5.58 Å². The summed E-state index contributed by atoms with van der Waals surface area (Å²) in [6, 6.07) is 16.3. The van der Waals surface area contributed by atoms with E-state index in [1.54, 1.807) is 0 Å². The first-order valence-electron chi connectivity index (χ1n) is 8.17. The average Bonchev–Trinajstić information content (AvgIpc) is 2.61. The smallest absolute Gasteiger partial charge is 0.345 e. The standard InChI is InChI=1S/C21H15NO2/c1-12-5-4-8-16-19-17(21(23)24-20(12)16)11-14-10-9-13-6-2-3-7-15(13)18(14)22-19/h2-8,11H,9-10H2,1H3. The summed E-state index contributed by atoms with van der Waals surface area (Å²) >= 11 is 0. The monoisotopic (exact) mass is 313 g/mol. The van der Waals surface area contributed by atoms with Gasteiger partial charge in [-0.25, -0.2) is 9.78 Å². The molecular weight excluding hydrogens is 298 g/mol. The van der Waals surface area contributed by atoms with E-state index in [0.29, 0.717) is 11.0 Å². The molecule has 3 nitrogen and oxygen atoms in total. The predicted molar refractivity (Wildman–Crippen MR) is 95.4 cm³/mol. The van der Waals surface area contributed by atoms with E-state index < -0.39 is 0 Å². The number of aryl methyl sites for hydroxylation is 3. The van der Waals surface area contributed by atoms with Crippen molar-refractivity contribution in [3.05, 3.63) is 75.6 Å². The molecule has 1 aliphatic rings. The Morgan fingerprint density at radius 3 is 2.71 bits per heavy atom. The number of hydrogen-bond acceptors (Lipinski definition) is 3. The van der Waals surface area contributed by atoms with E-state index in [0.717, 1.165) is 40.6 Å². The second-order valence-corrected chi connectivity index (χ2v) is 6.39. The minimum Gasteiger partial charge on any atom is -0.422 e. The Hall–Kier alpha value is -2.94. The first kappa shape index (κ1) is 13.5. The summed E-state index contributed by atoms with van der Waals surface area (Å²) in [5.74, 6) is 0. The summed E-state index contributed by atoms with van der Waals surface area (Å²) in [4.78, 5) is 17.4. The normalized spacial score (nSPS) is 13.0. The molecule has 2 aromatic heterocycles. The number of pyridine rings is 1. The van der Waals surface area contributed by atoms with Crippen LogP contribution >= 0.6 is 0 Å². The van der Waals surface area contributed by atoms with Gasteiger partial charge in [-0.3, -0.25) is 0 Å². The van der Waals surface area contributed by atoms with Crippen LogP contribution in [-0.2, 0) is 12.8 Å². The SMILES string of the molecule is Cc1cccc2c1oc(=O)c1cc3c(nc12)-c1ccccc1CC3. The molecule has 0 spiro atoms. The molecule has 0 radical (unpaired) electrons. The third-order valence-corrected chi connectivity index (χ3v) is 4.92. The van der Waals surface area contributed by atoms with Crippen molar-refractivity contribution in [2.45, 2.75) is 19.8 Å². The number of aromatic nitrogens is 1. The van der Waals surface area contributed by atoms with Gasteiger partial charge in [-0.2, -0.15) is 0 Å². The van der Waals surface area contributed by atoms with Crippen molar-refractivity contribution in [3.8, 4) is 11.3 Å². The zero-order valence-electron chi connectivity index (χ0n) is 13.3. The van der Waals surface area contributed by atoms with Gasteiger partial charge in [-0.15, -0.1) is 0 Å². The van der Waals surface area contributed by atoms with Crippen LogP contribution in [0, 0.1) is 6.92 Å². The van der Waals surface area contributed by atoms with E-state index in [2.05, 4.69) is 18.2 Å². The second-order valence-electron chi connectivity index (χ2n) is 6.39. The van der Waals surface area contributed by atoms with Crippen LogP contribution in [0.1, 0.15) is 16.7 Å². The van der Waals surface area contributed by atoms with Crippen molar-refractivity contribution in [2.75, 3.05) is 0 Å². The molecule has 3 heteroatoms. The number of rotatable bonds is 0. The van der Waals surface area contributed by atoms with Crippen LogP contribution in [0.2, 0.25) is 0 Å². The Labute approximate surface area is 138 Å². The third kappa shape index (κ3) is 1.78. The highest BCUT2D eigenvalue weighted by molar-refractivity contribution is 6.03. The number of fused-ring (bicyclic) bond motifs is 6. The van der Waals surface area contributed by atoms with E-state index in [4.69, 9.17) is 9.40 Å². The highest BCUT2D eigenvalue weighted by Crippen LogP contribution is 2.35. The maximum absolute atomic E-state index is 12.5. The summed E-state index contributed by atoms with van der Waals surface area (Å²) in [6.07, 6.45) is 1.88. The van der Waals surface area contributed by atoms with Gasteiger partial charge in [0.15, 0.2) is 0 Å². The molecule has 116 valence electrons. The minimum atomic E-state index is -0.305. The largest absolute Gasteiger partial charge is 0.422 e. The van der Waals surface area contributed by atoms with Gasteiger partial charge in [0.25, 0.3) is 0 Å². The fourth-order valence-electron chi connectivity index (χ4n) is 3.70. The minimum absolute atomic E-state index is 0.305. The van der Waals surface area contributed by atoms with Crippen LogP contribution < -0.4 is 5.63 Å². The summed E-state index contributed by atoms with van der Waals surface area (Å²) in [6.45, 7) is 1.95. The van der Waals surface area contributed by atoms with E-state index in [-0.39, 0.29) is 5.63 Å². The molecule has 0 atom stereocenters. The maximum atomic E-state index is 12.5. The van der Waals surface area contributed by atoms with Crippen LogP contribution in [0.25, 0.3) is 33.1 Å². The molecule has 2 aromatic carbocycles. The fourth-order valence-corrected chi connectivity index (χ4v) is 3.70. The quantitative estimate of drug-likeness (QED) is 0.356. The summed E-state index contributed by atoms with van der Waals surface area (Å²) in [5.41, 5.74) is 6.63. The van der Waals surface area contributed by atoms with Gasteiger partial charge >= 0.3 is 5.63 Å². The van der Waals surface area contributed by atoms with Crippen LogP contribution in [-0.4, -0.2) is 4.98 Å². The average molecular weight is 313 g/mol.